The molecule has 0 N–H and O–H groups in total. The smallest absolute Gasteiger partial charge is 0.150 e. The Morgan fingerprint density at radius 1 is 1.33 bits per heavy atom. The fourth-order valence-corrected chi connectivity index (χ4v) is 3.87. The molecule has 0 aromatic heterocycles. The first-order valence-electron chi connectivity index (χ1n) is 4.75. The summed E-state index contributed by atoms with van der Waals surface area (Å²) in [6, 6.07) is 7.88. The Bertz CT molecular complexity index is 370. The molecule has 2 atom stereocenters. The van der Waals surface area contributed by atoms with Crippen LogP contribution >= 0.6 is 23.5 Å². The van der Waals surface area contributed by atoms with Crippen LogP contribution < -0.4 is 0 Å². The fraction of sp³-hybridized carbons (Fsp3) is 0.250. The van der Waals surface area contributed by atoms with Crippen LogP contribution in [0.1, 0.15) is 21.2 Å². The van der Waals surface area contributed by atoms with Gasteiger partial charge in [0, 0.05) is 16.1 Å². The minimum atomic E-state index is 0.501. The molecule has 78 valence electrons. The number of carbonyl (C=O) groups excluding carboxylic acids is 1. The third-order valence-corrected chi connectivity index (χ3v) is 4.78. The summed E-state index contributed by atoms with van der Waals surface area (Å²) in [7, 11) is 0. The largest absolute Gasteiger partial charge is 0.298 e. The minimum absolute atomic E-state index is 0.501. The number of carbonyl (C=O) groups is 1. The Kier molecular flexibility index (Phi) is 3.54. The van der Waals surface area contributed by atoms with Crippen LogP contribution in [-0.2, 0) is 0 Å². The summed E-state index contributed by atoms with van der Waals surface area (Å²) in [6.45, 7) is 0. The van der Waals surface area contributed by atoms with Gasteiger partial charge in [-0.05, 0) is 17.2 Å². The first kappa shape index (κ1) is 10.8. The minimum Gasteiger partial charge on any atom is -0.298 e. The van der Waals surface area contributed by atoms with E-state index in [4.69, 9.17) is 0 Å². The molecule has 1 nitrogen and oxygen atoms in total. The Labute approximate surface area is 98.3 Å². The molecule has 0 spiro atoms. The summed E-state index contributed by atoms with van der Waals surface area (Å²) in [4.78, 5) is 10.5. The first-order valence-corrected chi connectivity index (χ1v) is 6.98. The average molecular weight is 236 g/mol. The van der Waals surface area contributed by atoms with Crippen LogP contribution in [0.4, 0.5) is 0 Å². The van der Waals surface area contributed by atoms with E-state index in [2.05, 4.69) is 29.9 Å². The van der Waals surface area contributed by atoms with Crippen LogP contribution in [-0.4, -0.2) is 17.8 Å². The summed E-state index contributed by atoms with van der Waals surface area (Å²) in [5, 5.41) is 3.22. The summed E-state index contributed by atoms with van der Waals surface area (Å²) in [5.41, 5.74) is 2.05. The zero-order valence-electron chi connectivity index (χ0n) is 8.42. The molecule has 0 fully saturated rings. The molecule has 1 aromatic rings. The second-order valence-electron chi connectivity index (χ2n) is 3.37. The van der Waals surface area contributed by atoms with Crippen molar-refractivity contribution in [3.05, 3.63) is 46.9 Å². The van der Waals surface area contributed by atoms with Crippen LogP contribution in [0.5, 0.6) is 0 Å². The van der Waals surface area contributed by atoms with Gasteiger partial charge in [-0.1, -0.05) is 30.3 Å². The number of hydrogen-bond acceptors (Lipinski definition) is 3. The van der Waals surface area contributed by atoms with Crippen LogP contribution in [0.25, 0.3) is 0 Å². The Hall–Kier alpha value is -0.670. The summed E-state index contributed by atoms with van der Waals surface area (Å²) >= 11 is 3.72. The van der Waals surface area contributed by atoms with Gasteiger partial charge in [0.1, 0.15) is 6.29 Å². The van der Waals surface area contributed by atoms with Crippen molar-refractivity contribution in [2.24, 2.45) is 0 Å². The molecule has 0 radical (unpaired) electrons. The van der Waals surface area contributed by atoms with Gasteiger partial charge in [-0.3, -0.25) is 4.79 Å². The van der Waals surface area contributed by atoms with E-state index >= 15 is 0 Å². The van der Waals surface area contributed by atoms with Gasteiger partial charge in [0.05, 0.1) is 0 Å². The lowest BCUT2D eigenvalue weighted by Gasteiger charge is -2.16. The van der Waals surface area contributed by atoms with E-state index in [0.29, 0.717) is 10.5 Å². The zero-order chi connectivity index (χ0) is 10.7. The third-order valence-electron chi connectivity index (χ3n) is 2.47. The molecular weight excluding hydrogens is 224 g/mol. The van der Waals surface area contributed by atoms with Crippen LogP contribution in [0.15, 0.2) is 35.7 Å². The van der Waals surface area contributed by atoms with Crippen molar-refractivity contribution in [3.63, 3.8) is 0 Å². The Balaban J connectivity index is 2.19. The SMILES string of the molecule is CSC1C=CSC1c1ccc(C=O)cc1. The lowest BCUT2D eigenvalue weighted by atomic mass is 10.1. The van der Waals surface area contributed by atoms with Crippen molar-refractivity contribution in [2.75, 3.05) is 6.26 Å². The van der Waals surface area contributed by atoms with E-state index in [1.165, 1.54) is 5.56 Å². The molecule has 2 unspecified atom stereocenters. The van der Waals surface area contributed by atoms with Crippen LogP contribution in [0.3, 0.4) is 0 Å². The fourth-order valence-electron chi connectivity index (χ4n) is 1.62. The van der Waals surface area contributed by atoms with E-state index in [9.17, 15) is 4.79 Å². The highest BCUT2D eigenvalue weighted by Gasteiger charge is 2.24. The lowest BCUT2D eigenvalue weighted by molar-refractivity contribution is 0.112. The van der Waals surface area contributed by atoms with Crippen LogP contribution in [0.2, 0.25) is 0 Å². The maximum absolute atomic E-state index is 10.5. The van der Waals surface area contributed by atoms with E-state index in [0.717, 1.165) is 11.8 Å². The first-order chi connectivity index (χ1) is 7.35. The molecule has 0 aliphatic carbocycles. The van der Waals surface area contributed by atoms with Gasteiger partial charge in [-0.25, -0.2) is 0 Å². The molecule has 15 heavy (non-hydrogen) atoms. The number of thioether (sulfide) groups is 2. The maximum Gasteiger partial charge on any atom is 0.150 e. The van der Waals surface area contributed by atoms with E-state index in [1.807, 2.05) is 35.7 Å². The standard InChI is InChI=1S/C12H12OS2/c1-14-11-6-7-15-12(11)10-4-2-9(8-13)3-5-10/h2-8,11-12H,1H3. The Morgan fingerprint density at radius 3 is 2.67 bits per heavy atom. The lowest BCUT2D eigenvalue weighted by Crippen LogP contribution is -2.05. The van der Waals surface area contributed by atoms with Gasteiger partial charge in [-0.15, -0.1) is 11.8 Å². The Morgan fingerprint density at radius 2 is 2.07 bits per heavy atom. The molecule has 2 rings (SSSR count). The van der Waals surface area contributed by atoms with E-state index < -0.39 is 0 Å². The predicted octanol–water partition coefficient (Wildman–Crippen LogP) is 3.53. The van der Waals surface area contributed by atoms with Gasteiger partial charge in [0.2, 0.25) is 0 Å². The molecule has 3 heteroatoms. The van der Waals surface area contributed by atoms with Gasteiger partial charge in [0.25, 0.3) is 0 Å². The molecule has 1 aliphatic heterocycles. The number of rotatable bonds is 3. The number of benzene rings is 1. The van der Waals surface area contributed by atoms with Gasteiger partial charge >= 0.3 is 0 Å². The van der Waals surface area contributed by atoms with Crippen molar-refractivity contribution in [3.8, 4) is 0 Å². The average Bonchev–Trinajstić information content (AvgIpc) is 2.77. The van der Waals surface area contributed by atoms with Crippen molar-refractivity contribution in [2.45, 2.75) is 10.5 Å². The second kappa shape index (κ2) is 4.90. The van der Waals surface area contributed by atoms with Crippen molar-refractivity contribution in [1.82, 2.24) is 0 Å². The molecule has 1 heterocycles. The van der Waals surface area contributed by atoms with Crippen LogP contribution in [0, 0.1) is 0 Å². The summed E-state index contributed by atoms with van der Waals surface area (Å²) < 4.78 is 0. The van der Waals surface area contributed by atoms with E-state index in [1.54, 1.807) is 0 Å². The van der Waals surface area contributed by atoms with Crippen molar-refractivity contribution in [1.29, 1.82) is 0 Å². The highest BCUT2D eigenvalue weighted by atomic mass is 32.2. The predicted molar refractivity (Wildman–Crippen MR) is 68.6 cm³/mol. The summed E-state index contributed by atoms with van der Waals surface area (Å²) in [5.74, 6) is 0. The number of aldehydes is 1. The second-order valence-corrected chi connectivity index (χ2v) is 5.44. The van der Waals surface area contributed by atoms with Crippen molar-refractivity contribution >= 4 is 29.8 Å². The molecule has 0 bridgehead atoms. The van der Waals surface area contributed by atoms with Crippen molar-refractivity contribution < 1.29 is 4.79 Å². The quantitative estimate of drug-likeness (QED) is 0.747. The monoisotopic (exact) mass is 236 g/mol. The normalized spacial score (nSPS) is 24.3. The number of hydrogen-bond donors (Lipinski definition) is 0. The molecule has 0 saturated carbocycles. The molecule has 0 saturated heterocycles. The summed E-state index contributed by atoms with van der Waals surface area (Å²) in [6.07, 6.45) is 5.26. The molecule has 1 aromatic carbocycles. The zero-order valence-corrected chi connectivity index (χ0v) is 10.1. The van der Waals surface area contributed by atoms with Gasteiger partial charge in [-0.2, -0.15) is 11.8 Å². The highest BCUT2D eigenvalue weighted by molar-refractivity contribution is 8.05. The topological polar surface area (TPSA) is 17.1 Å². The van der Waals surface area contributed by atoms with Gasteiger partial charge in [0.15, 0.2) is 0 Å². The maximum atomic E-state index is 10.5. The molecule has 1 aliphatic rings. The highest BCUT2D eigenvalue weighted by Crippen LogP contribution is 2.43. The van der Waals surface area contributed by atoms with Gasteiger partial charge < -0.3 is 0 Å². The van der Waals surface area contributed by atoms with E-state index in [-0.39, 0.29) is 0 Å². The third kappa shape index (κ3) is 2.29. The molecular formula is C12H12OS2. The molecule has 0 amide bonds.